The number of pyridine rings is 1. The second-order valence-corrected chi connectivity index (χ2v) is 10.1. The number of hydrogen-bond donors (Lipinski definition) is 2. The molecule has 4 heterocycles. The van der Waals surface area contributed by atoms with Gasteiger partial charge in [0.2, 0.25) is 0 Å². The molecule has 11 nitrogen and oxygen atoms in total. The van der Waals surface area contributed by atoms with E-state index in [2.05, 4.69) is 25.7 Å². The zero-order chi connectivity index (χ0) is 27.1. The molecule has 2 aromatic heterocycles. The summed E-state index contributed by atoms with van der Waals surface area (Å²) in [5, 5.41) is 23.9. The van der Waals surface area contributed by atoms with Crippen LogP contribution in [0.1, 0.15) is 23.7 Å². The SMILES string of the molecule is CN1CC(c2cccc(NCC(=O)O)c2)=NC1C1CCc2cc(-c3cc(Cl)ccc3-n3cnnn3)cc(=O)n21. The summed E-state index contributed by atoms with van der Waals surface area (Å²) in [6, 6.07) is 16.6. The Morgan fingerprint density at radius 1 is 1.15 bits per heavy atom. The lowest BCUT2D eigenvalue weighted by atomic mass is 10.0. The average Bonchev–Trinajstić information content (AvgIpc) is 3.68. The van der Waals surface area contributed by atoms with Gasteiger partial charge in [0.15, 0.2) is 0 Å². The van der Waals surface area contributed by atoms with Crippen LogP contribution in [0.25, 0.3) is 16.8 Å². The summed E-state index contributed by atoms with van der Waals surface area (Å²) in [4.78, 5) is 31.7. The van der Waals surface area contributed by atoms with Crippen LogP contribution in [0.15, 0.2) is 70.7 Å². The summed E-state index contributed by atoms with van der Waals surface area (Å²) < 4.78 is 3.42. The lowest BCUT2D eigenvalue weighted by Crippen LogP contribution is -2.37. The Labute approximate surface area is 228 Å². The number of nitrogens with zero attached hydrogens (tertiary/aromatic N) is 7. The van der Waals surface area contributed by atoms with Gasteiger partial charge in [0.25, 0.3) is 5.56 Å². The lowest BCUT2D eigenvalue weighted by molar-refractivity contribution is -0.134. The first-order chi connectivity index (χ1) is 18.9. The average molecular weight is 545 g/mol. The Kier molecular flexibility index (Phi) is 6.45. The maximum Gasteiger partial charge on any atom is 0.322 e. The highest BCUT2D eigenvalue weighted by atomic mass is 35.5. The van der Waals surface area contributed by atoms with Crippen molar-refractivity contribution >= 4 is 29.0 Å². The van der Waals surface area contributed by atoms with Crippen molar-refractivity contribution in [3.8, 4) is 16.8 Å². The zero-order valence-corrected chi connectivity index (χ0v) is 21.8. The maximum atomic E-state index is 13.5. The molecule has 2 aliphatic heterocycles. The molecule has 0 spiro atoms. The Bertz CT molecular complexity index is 1650. The minimum absolute atomic E-state index is 0.0930. The van der Waals surface area contributed by atoms with Crippen LogP contribution in [-0.2, 0) is 11.2 Å². The van der Waals surface area contributed by atoms with Gasteiger partial charge in [0.05, 0.1) is 17.4 Å². The Morgan fingerprint density at radius 3 is 2.82 bits per heavy atom. The van der Waals surface area contributed by atoms with E-state index in [1.165, 1.54) is 6.33 Å². The summed E-state index contributed by atoms with van der Waals surface area (Å²) >= 11 is 6.32. The van der Waals surface area contributed by atoms with Gasteiger partial charge in [-0.2, -0.15) is 4.68 Å². The second kappa shape index (κ2) is 10.1. The molecule has 2 aliphatic rings. The van der Waals surface area contributed by atoms with Gasteiger partial charge in [-0.1, -0.05) is 23.7 Å². The smallest absolute Gasteiger partial charge is 0.322 e. The van der Waals surface area contributed by atoms with Gasteiger partial charge in [-0.05, 0) is 77.8 Å². The van der Waals surface area contributed by atoms with E-state index >= 15 is 0 Å². The van der Waals surface area contributed by atoms with E-state index in [0.29, 0.717) is 11.6 Å². The van der Waals surface area contributed by atoms with Crippen molar-refractivity contribution in [3.63, 3.8) is 0 Å². The van der Waals surface area contributed by atoms with Crippen LogP contribution in [0, 0.1) is 0 Å². The molecule has 39 heavy (non-hydrogen) atoms. The van der Waals surface area contributed by atoms with Crippen molar-refractivity contribution in [2.45, 2.75) is 25.0 Å². The van der Waals surface area contributed by atoms with E-state index in [-0.39, 0.29) is 24.3 Å². The molecule has 12 heteroatoms. The number of nitrogens with one attached hydrogen (secondary N) is 1. The third kappa shape index (κ3) is 4.82. The number of aliphatic imine (C=N–C) groups is 1. The number of rotatable bonds is 7. The van der Waals surface area contributed by atoms with Crippen molar-refractivity contribution in [3.05, 3.63) is 87.6 Å². The molecule has 2 N–H and O–H groups in total. The molecule has 0 radical (unpaired) electrons. The Balaban J connectivity index is 1.31. The predicted molar refractivity (Wildman–Crippen MR) is 147 cm³/mol. The van der Waals surface area contributed by atoms with E-state index in [1.54, 1.807) is 16.8 Å². The Hall–Kier alpha value is -4.35. The largest absolute Gasteiger partial charge is 0.480 e. The van der Waals surface area contributed by atoms with Crippen LogP contribution in [0.5, 0.6) is 0 Å². The number of carboxylic acids is 1. The highest BCUT2D eigenvalue weighted by Gasteiger charge is 2.36. The van der Waals surface area contributed by atoms with Crippen molar-refractivity contribution in [2.75, 3.05) is 25.5 Å². The predicted octanol–water partition coefficient (Wildman–Crippen LogP) is 2.89. The minimum Gasteiger partial charge on any atom is -0.480 e. The number of aryl methyl sites for hydroxylation is 1. The number of aliphatic carboxylic acids is 1. The fourth-order valence-corrected chi connectivity index (χ4v) is 5.61. The number of halogens is 1. The Morgan fingerprint density at radius 2 is 2.03 bits per heavy atom. The summed E-state index contributed by atoms with van der Waals surface area (Å²) in [7, 11) is 2.01. The molecular formula is C27H25ClN8O3. The van der Waals surface area contributed by atoms with Crippen LogP contribution in [0.2, 0.25) is 5.02 Å². The zero-order valence-electron chi connectivity index (χ0n) is 21.0. The molecule has 4 aromatic rings. The minimum atomic E-state index is -0.922. The van der Waals surface area contributed by atoms with Crippen LogP contribution < -0.4 is 10.9 Å². The molecule has 0 aliphatic carbocycles. The third-order valence-corrected chi connectivity index (χ3v) is 7.40. The van der Waals surface area contributed by atoms with Gasteiger partial charge >= 0.3 is 5.97 Å². The van der Waals surface area contributed by atoms with Gasteiger partial charge in [-0.15, -0.1) is 5.10 Å². The molecule has 0 saturated heterocycles. The number of likely N-dealkylation sites (N-methyl/N-ethyl adjacent to an activating group) is 1. The van der Waals surface area contributed by atoms with Gasteiger partial charge in [0, 0.05) is 34.6 Å². The van der Waals surface area contributed by atoms with Crippen LogP contribution in [0.3, 0.4) is 0 Å². The monoisotopic (exact) mass is 544 g/mol. The normalized spacial score (nSPS) is 18.7. The van der Waals surface area contributed by atoms with Crippen molar-refractivity contribution in [1.29, 1.82) is 0 Å². The third-order valence-electron chi connectivity index (χ3n) is 7.16. The molecule has 6 rings (SSSR count). The number of tetrazole rings is 1. The highest BCUT2D eigenvalue weighted by molar-refractivity contribution is 6.31. The summed E-state index contributed by atoms with van der Waals surface area (Å²) in [6.45, 7) is 0.470. The quantitative estimate of drug-likeness (QED) is 0.363. The molecule has 2 atom stereocenters. The molecule has 2 unspecified atom stereocenters. The summed E-state index contributed by atoms with van der Waals surface area (Å²) in [6.07, 6.45) is 2.86. The highest BCUT2D eigenvalue weighted by Crippen LogP contribution is 2.35. The number of aromatic nitrogens is 5. The van der Waals surface area contributed by atoms with Crippen molar-refractivity contribution in [1.82, 2.24) is 29.7 Å². The van der Waals surface area contributed by atoms with Crippen molar-refractivity contribution in [2.24, 2.45) is 4.99 Å². The fraction of sp³-hybridized carbons (Fsp3) is 0.259. The lowest BCUT2D eigenvalue weighted by Gasteiger charge is -2.25. The summed E-state index contributed by atoms with van der Waals surface area (Å²) in [5.74, 6) is -0.922. The van der Waals surface area contributed by atoms with Gasteiger partial charge in [-0.3, -0.25) is 19.5 Å². The number of benzene rings is 2. The number of hydrogen-bond acceptors (Lipinski definition) is 8. The molecule has 0 saturated carbocycles. The first kappa shape index (κ1) is 25.0. The van der Waals surface area contributed by atoms with Crippen LogP contribution in [0.4, 0.5) is 5.69 Å². The van der Waals surface area contributed by atoms with Gasteiger partial charge in [-0.25, -0.2) is 0 Å². The number of anilines is 1. The molecular weight excluding hydrogens is 520 g/mol. The summed E-state index contributed by atoms with van der Waals surface area (Å²) in [5.41, 5.74) is 5.67. The van der Waals surface area contributed by atoms with E-state index in [9.17, 15) is 9.59 Å². The van der Waals surface area contributed by atoms with Crippen molar-refractivity contribution < 1.29 is 9.90 Å². The van der Waals surface area contributed by atoms with Gasteiger partial charge < -0.3 is 15.0 Å². The molecule has 0 bridgehead atoms. The number of fused-ring (bicyclic) bond motifs is 1. The molecule has 2 aromatic carbocycles. The number of carbonyl (C=O) groups is 1. The maximum absolute atomic E-state index is 13.5. The first-order valence-electron chi connectivity index (χ1n) is 12.5. The first-order valence-corrected chi connectivity index (χ1v) is 12.9. The number of carboxylic acid groups (broad SMARTS) is 1. The second-order valence-electron chi connectivity index (χ2n) is 9.70. The van der Waals surface area contributed by atoms with E-state index < -0.39 is 5.97 Å². The van der Waals surface area contributed by atoms with Crippen LogP contribution >= 0.6 is 11.6 Å². The topological polar surface area (TPSA) is 131 Å². The van der Waals surface area contributed by atoms with E-state index in [4.69, 9.17) is 21.7 Å². The standard InChI is InChI=1S/C27H25ClN8O3/c1-34-14-22(16-3-2-4-19(9-16)29-13-26(38)39)31-27(34)24-8-6-20-10-17(11-25(37)36(20)24)21-12-18(28)5-7-23(21)35-15-30-32-33-35/h2-5,7,9-12,15,24,27,29H,6,8,13-14H2,1H3,(H,38,39). The van der Waals surface area contributed by atoms with Crippen LogP contribution in [-0.4, -0.2) is 72.8 Å². The van der Waals surface area contributed by atoms with Gasteiger partial charge in [0.1, 0.15) is 19.0 Å². The fourth-order valence-electron chi connectivity index (χ4n) is 5.44. The van der Waals surface area contributed by atoms with E-state index in [1.807, 2.05) is 54.1 Å². The molecule has 0 amide bonds. The van der Waals surface area contributed by atoms with E-state index in [0.717, 1.165) is 52.3 Å². The molecule has 0 fully saturated rings. The molecule has 198 valence electrons.